The number of methoxy groups -OCH3 is 1. The molecule has 2 aromatic carbocycles. The van der Waals surface area contributed by atoms with Gasteiger partial charge in [-0.1, -0.05) is 12.1 Å². The van der Waals surface area contributed by atoms with Crippen LogP contribution in [0.25, 0.3) is 21.5 Å². The molecule has 1 fully saturated rings. The lowest BCUT2D eigenvalue weighted by atomic mass is 9.97. The molecule has 3 heterocycles. The first kappa shape index (κ1) is 18.3. The Bertz CT molecular complexity index is 1060. The second-order valence-electron chi connectivity index (χ2n) is 7.42. The highest BCUT2D eigenvalue weighted by molar-refractivity contribution is 7.18. The highest BCUT2D eigenvalue weighted by Crippen LogP contribution is 2.34. The van der Waals surface area contributed by atoms with Crippen LogP contribution in [0.2, 0.25) is 0 Å². The summed E-state index contributed by atoms with van der Waals surface area (Å²) in [7, 11) is 1.67. The van der Waals surface area contributed by atoms with Crippen LogP contribution in [0.4, 0.5) is 0 Å². The van der Waals surface area contributed by atoms with E-state index in [-0.39, 0.29) is 0 Å². The molecule has 1 saturated heterocycles. The third-order valence-electron chi connectivity index (χ3n) is 5.53. The van der Waals surface area contributed by atoms with Gasteiger partial charge in [0.25, 0.3) is 0 Å². The standard InChI is InChI=1S/C23H23N3O2S/c1-27-18-8-6-16(7-9-18)20-14-24-22(28-20)15-26-12-10-17(11-13-26)23-25-19-4-2-3-5-21(19)29-23/h2-9,14,17H,10-13,15H2,1H3. The number of hydrogen-bond acceptors (Lipinski definition) is 6. The van der Waals surface area contributed by atoms with Crippen molar-refractivity contribution in [1.82, 2.24) is 14.9 Å². The first-order valence-electron chi connectivity index (χ1n) is 9.95. The molecule has 148 valence electrons. The normalized spacial score (nSPS) is 15.8. The first-order chi connectivity index (χ1) is 14.3. The molecule has 0 bridgehead atoms. The quantitative estimate of drug-likeness (QED) is 0.449. The van der Waals surface area contributed by atoms with Crippen molar-refractivity contribution in [2.45, 2.75) is 25.3 Å². The lowest BCUT2D eigenvalue weighted by Gasteiger charge is -2.29. The second kappa shape index (κ2) is 7.97. The van der Waals surface area contributed by atoms with Gasteiger partial charge in [-0.15, -0.1) is 11.3 Å². The smallest absolute Gasteiger partial charge is 0.209 e. The minimum absolute atomic E-state index is 0.558. The topological polar surface area (TPSA) is 51.4 Å². The third kappa shape index (κ3) is 3.91. The summed E-state index contributed by atoms with van der Waals surface area (Å²) in [5, 5.41) is 1.28. The predicted octanol–water partition coefficient (Wildman–Crippen LogP) is 5.34. The number of aromatic nitrogens is 2. The van der Waals surface area contributed by atoms with Crippen molar-refractivity contribution in [1.29, 1.82) is 0 Å². The molecule has 0 amide bonds. The molecule has 6 heteroatoms. The SMILES string of the molecule is COc1ccc(-c2cnc(CN3CCC(c4nc5ccccc5s4)CC3)o2)cc1. The van der Waals surface area contributed by atoms with Crippen LogP contribution >= 0.6 is 11.3 Å². The number of ether oxygens (including phenoxy) is 1. The van der Waals surface area contributed by atoms with Gasteiger partial charge in [-0.25, -0.2) is 9.97 Å². The Morgan fingerprint density at radius 1 is 1.10 bits per heavy atom. The number of fused-ring (bicyclic) bond motifs is 1. The summed E-state index contributed by atoms with van der Waals surface area (Å²) in [5.74, 6) is 2.97. The van der Waals surface area contributed by atoms with Crippen LogP contribution in [0.15, 0.2) is 59.1 Å². The molecular formula is C23H23N3O2S. The average Bonchev–Trinajstić information content (AvgIpc) is 3.41. The molecule has 2 aromatic heterocycles. The third-order valence-corrected chi connectivity index (χ3v) is 6.73. The van der Waals surface area contributed by atoms with Crippen LogP contribution in [-0.4, -0.2) is 35.1 Å². The van der Waals surface area contributed by atoms with Crippen molar-refractivity contribution < 1.29 is 9.15 Å². The first-order valence-corrected chi connectivity index (χ1v) is 10.8. The molecular weight excluding hydrogens is 382 g/mol. The van der Waals surface area contributed by atoms with E-state index in [1.807, 2.05) is 41.8 Å². The summed E-state index contributed by atoms with van der Waals surface area (Å²) in [6.07, 6.45) is 4.07. The van der Waals surface area contributed by atoms with E-state index < -0.39 is 0 Å². The summed E-state index contributed by atoms with van der Waals surface area (Å²) in [5.41, 5.74) is 2.14. The number of oxazole rings is 1. The van der Waals surface area contributed by atoms with Crippen molar-refractivity contribution in [2.75, 3.05) is 20.2 Å². The van der Waals surface area contributed by atoms with Gasteiger partial charge in [0.1, 0.15) is 5.75 Å². The Morgan fingerprint density at radius 2 is 1.90 bits per heavy atom. The van der Waals surface area contributed by atoms with Crippen LogP contribution in [0.3, 0.4) is 0 Å². The van der Waals surface area contributed by atoms with E-state index in [9.17, 15) is 0 Å². The Balaban J connectivity index is 1.20. The van der Waals surface area contributed by atoms with Gasteiger partial charge in [0, 0.05) is 11.5 Å². The molecule has 0 atom stereocenters. The number of thiazole rings is 1. The van der Waals surface area contributed by atoms with Gasteiger partial charge < -0.3 is 9.15 Å². The van der Waals surface area contributed by atoms with Gasteiger partial charge in [-0.2, -0.15) is 0 Å². The second-order valence-corrected chi connectivity index (χ2v) is 8.48. The summed E-state index contributed by atoms with van der Waals surface area (Å²) in [4.78, 5) is 11.8. The zero-order valence-corrected chi connectivity index (χ0v) is 17.2. The number of likely N-dealkylation sites (tertiary alicyclic amines) is 1. The molecule has 0 N–H and O–H groups in total. The average molecular weight is 406 g/mol. The van der Waals surface area contributed by atoms with E-state index in [1.165, 1.54) is 9.71 Å². The van der Waals surface area contributed by atoms with Crippen LogP contribution in [0, 0.1) is 0 Å². The fraction of sp³-hybridized carbons (Fsp3) is 0.304. The summed E-state index contributed by atoms with van der Waals surface area (Å²) in [6, 6.07) is 16.3. The number of hydrogen-bond donors (Lipinski definition) is 0. The molecule has 0 spiro atoms. The predicted molar refractivity (Wildman–Crippen MR) is 115 cm³/mol. The van der Waals surface area contributed by atoms with Crippen molar-refractivity contribution >= 4 is 21.6 Å². The minimum atomic E-state index is 0.558. The highest BCUT2D eigenvalue weighted by Gasteiger charge is 2.24. The van der Waals surface area contributed by atoms with E-state index in [1.54, 1.807) is 7.11 Å². The maximum absolute atomic E-state index is 5.99. The lowest BCUT2D eigenvalue weighted by Crippen LogP contribution is -2.32. The maximum Gasteiger partial charge on any atom is 0.209 e. The molecule has 5 nitrogen and oxygen atoms in total. The van der Waals surface area contributed by atoms with Crippen molar-refractivity contribution in [3.8, 4) is 17.1 Å². The van der Waals surface area contributed by atoms with E-state index in [0.29, 0.717) is 5.92 Å². The Labute approximate surface area is 174 Å². The molecule has 1 aliphatic heterocycles. The lowest BCUT2D eigenvalue weighted by molar-refractivity contribution is 0.188. The van der Waals surface area contributed by atoms with E-state index >= 15 is 0 Å². The van der Waals surface area contributed by atoms with E-state index in [0.717, 1.165) is 61.0 Å². The summed E-state index contributed by atoms with van der Waals surface area (Å²) in [6.45, 7) is 2.84. The number of para-hydroxylation sites is 1. The number of nitrogens with zero attached hydrogens (tertiary/aromatic N) is 3. The van der Waals surface area contributed by atoms with Gasteiger partial charge in [-0.3, -0.25) is 4.90 Å². The van der Waals surface area contributed by atoms with Crippen LogP contribution in [0.5, 0.6) is 5.75 Å². The molecule has 0 saturated carbocycles. The molecule has 0 radical (unpaired) electrons. The van der Waals surface area contributed by atoms with Gasteiger partial charge in [0.15, 0.2) is 5.76 Å². The highest BCUT2D eigenvalue weighted by atomic mass is 32.1. The fourth-order valence-electron chi connectivity index (χ4n) is 3.87. The van der Waals surface area contributed by atoms with Crippen LogP contribution in [-0.2, 0) is 6.54 Å². The largest absolute Gasteiger partial charge is 0.497 e. The number of rotatable bonds is 5. The Hall–Kier alpha value is -2.70. The number of piperidine rings is 1. The monoisotopic (exact) mass is 405 g/mol. The van der Waals surface area contributed by atoms with Gasteiger partial charge in [0.05, 0.1) is 35.1 Å². The Kier molecular flexibility index (Phi) is 5.04. The van der Waals surface area contributed by atoms with Crippen molar-refractivity contribution in [2.24, 2.45) is 0 Å². The van der Waals surface area contributed by atoms with E-state index in [2.05, 4.69) is 34.1 Å². The van der Waals surface area contributed by atoms with Crippen LogP contribution in [0.1, 0.15) is 29.7 Å². The molecule has 1 aliphatic rings. The molecule has 4 aromatic rings. The molecule has 29 heavy (non-hydrogen) atoms. The maximum atomic E-state index is 5.99. The summed E-state index contributed by atoms with van der Waals surface area (Å²) < 4.78 is 12.5. The summed E-state index contributed by atoms with van der Waals surface area (Å²) >= 11 is 1.84. The zero-order chi connectivity index (χ0) is 19.6. The molecule has 0 unspecified atom stereocenters. The number of benzene rings is 2. The van der Waals surface area contributed by atoms with Crippen molar-refractivity contribution in [3.05, 3.63) is 65.6 Å². The fourth-order valence-corrected chi connectivity index (χ4v) is 5.00. The minimum Gasteiger partial charge on any atom is -0.497 e. The van der Waals surface area contributed by atoms with Crippen molar-refractivity contribution in [3.63, 3.8) is 0 Å². The van der Waals surface area contributed by atoms with Crippen LogP contribution < -0.4 is 4.74 Å². The Morgan fingerprint density at radius 3 is 2.66 bits per heavy atom. The van der Waals surface area contributed by atoms with E-state index in [4.69, 9.17) is 14.1 Å². The molecule has 0 aliphatic carbocycles. The zero-order valence-electron chi connectivity index (χ0n) is 16.4. The van der Waals surface area contributed by atoms with Gasteiger partial charge in [-0.05, 0) is 62.3 Å². The van der Waals surface area contributed by atoms with Gasteiger partial charge in [0.2, 0.25) is 5.89 Å². The molecule has 5 rings (SSSR count). The van der Waals surface area contributed by atoms with Gasteiger partial charge >= 0.3 is 0 Å².